The fraction of sp³-hybridized carbons (Fsp3) is 0.583. The van der Waals surface area contributed by atoms with Gasteiger partial charge in [0, 0.05) is 18.6 Å². The van der Waals surface area contributed by atoms with Gasteiger partial charge < -0.3 is 0 Å². The second-order valence-electron chi connectivity index (χ2n) is 4.49. The van der Waals surface area contributed by atoms with Gasteiger partial charge in [0.25, 0.3) is 0 Å². The summed E-state index contributed by atoms with van der Waals surface area (Å²) in [6.07, 6.45) is 11.1. The molecule has 0 spiro atoms. The first-order valence-corrected chi connectivity index (χ1v) is 8.42. The first kappa shape index (κ1) is 19.2. The molecule has 0 aliphatic carbocycles. The van der Waals surface area contributed by atoms with Crippen molar-refractivity contribution in [3.05, 3.63) is 30.6 Å². The van der Waals surface area contributed by atoms with Crippen LogP contribution in [0.5, 0.6) is 0 Å². The number of rotatable bonds is 6. The van der Waals surface area contributed by atoms with E-state index < -0.39 is 7.81 Å². The van der Waals surface area contributed by atoms with Crippen LogP contribution in [0.3, 0.4) is 0 Å². The second-order valence-corrected chi connectivity index (χ2v) is 6.40. The first-order valence-electron chi connectivity index (χ1n) is 6.39. The van der Waals surface area contributed by atoms with Crippen molar-refractivity contribution in [2.45, 2.75) is 45.6 Å². The third-order valence-electron chi connectivity index (χ3n) is 2.30. The molecule has 0 N–H and O–H groups in total. The van der Waals surface area contributed by atoms with E-state index in [0.717, 1.165) is 0 Å². The van der Waals surface area contributed by atoms with Gasteiger partial charge in [-0.05, 0) is 6.42 Å². The molecule has 1 nitrogen and oxygen atoms in total. The summed E-state index contributed by atoms with van der Waals surface area (Å²) in [5, 5.41) is 0. The van der Waals surface area contributed by atoms with Crippen LogP contribution in [0.2, 0.25) is 0 Å². The second kappa shape index (κ2) is 6.74. The number of halogens is 6. The van der Waals surface area contributed by atoms with Gasteiger partial charge in [-0.1, -0.05) is 32.3 Å². The van der Waals surface area contributed by atoms with E-state index in [-0.39, 0.29) is 0 Å². The van der Waals surface area contributed by atoms with Crippen molar-refractivity contribution < 1.29 is 29.7 Å². The molecule has 0 atom stereocenters. The normalized spacial score (nSPS) is 14.8. The molecule has 0 unspecified atom stereocenters. The third-order valence-corrected chi connectivity index (χ3v) is 2.30. The van der Waals surface area contributed by atoms with Gasteiger partial charge in [-0.25, -0.2) is 4.57 Å². The van der Waals surface area contributed by atoms with Gasteiger partial charge in [-0.3, -0.25) is 0 Å². The van der Waals surface area contributed by atoms with Crippen LogP contribution in [0.4, 0.5) is 25.2 Å². The fourth-order valence-electron chi connectivity index (χ4n) is 1.48. The summed E-state index contributed by atoms with van der Waals surface area (Å²) in [6, 6.07) is 6.24. The van der Waals surface area contributed by atoms with Crippen molar-refractivity contribution >= 4 is 7.81 Å². The Kier molecular flexibility index (Phi) is 6.46. The van der Waals surface area contributed by atoms with Crippen molar-refractivity contribution in [3.8, 4) is 0 Å². The fourth-order valence-corrected chi connectivity index (χ4v) is 1.48. The number of hydrogen-bond donors (Lipinski definition) is 0. The van der Waals surface area contributed by atoms with Crippen molar-refractivity contribution in [2.24, 2.45) is 0 Å². The molecule has 0 saturated heterocycles. The van der Waals surface area contributed by atoms with Gasteiger partial charge in [0.15, 0.2) is 12.4 Å². The summed E-state index contributed by atoms with van der Waals surface area (Å²) in [5.74, 6) is 0. The summed E-state index contributed by atoms with van der Waals surface area (Å²) in [5.41, 5.74) is 0. The predicted molar refractivity (Wildman–Crippen MR) is 69.0 cm³/mol. The molecule has 0 aromatic carbocycles. The van der Waals surface area contributed by atoms with Crippen LogP contribution < -0.4 is 4.57 Å². The van der Waals surface area contributed by atoms with Crippen LogP contribution in [-0.4, -0.2) is 0 Å². The molecule has 120 valence electrons. The van der Waals surface area contributed by atoms with Crippen molar-refractivity contribution in [2.75, 3.05) is 0 Å². The van der Waals surface area contributed by atoms with Gasteiger partial charge in [-0.15, -0.1) is 0 Å². The monoisotopic (exact) mass is 323 g/mol. The zero-order chi connectivity index (χ0) is 15.8. The summed E-state index contributed by atoms with van der Waals surface area (Å²) < 4.78 is 61.5. The Bertz CT molecular complexity index is 363. The molecule has 0 saturated carbocycles. The number of aromatic nitrogens is 1. The maximum absolute atomic E-state index is 10.7. The summed E-state index contributed by atoms with van der Waals surface area (Å²) in [6.45, 7) is 3.43. The predicted octanol–water partition coefficient (Wildman–Crippen LogP) is 6.33. The molecule has 1 rings (SSSR count). The number of nitrogens with zero attached hydrogens (tertiary/aromatic N) is 1. The Balaban J connectivity index is 0.000000441. The van der Waals surface area contributed by atoms with Crippen LogP contribution in [0, 0.1) is 0 Å². The number of pyridine rings is 1. The Labute approximate surface area is 114 Å². The summed E-state index contributed by atoms with van der Waals surface area (Å²) in [7, 11) is -10.7. The van der Waals surface area contributed by atoms with Crippen LogP contribution in [0.15, 0.2) is 30.6 Å². The molecule has 1 aromatic heterocycles. The summed E-state index contributed by atoms with van der Waals surface area (Å²) >= 11 is 0. The van der Waals surface area contributed by atoms with E-state index in [9.17, 15) is 25.2 Å². The molecule has 0 amide bonds. The zero-order valence-corrected chi connectivity index (χ0v) is 12.2. The Morgan fingerprint density at radius 2 is 1.20 bits per heavy atom. The minimum atomic E-state index is -10.7. The SMILES string of the molecule is CCCCCCC[n+]1ccccc1.F[P-](F)(F)(F)(F)F. The average molecular weight is 323 g/mol. The molecular weight excluding hydrogens is 303 g/mol. The molecule has 0 aliphatic rings. The van der Waals surface area contributed by atoms with Crippen molar-refractivity contribution in [1.82, 2.24) is 0 Å². The Hall–Kier alpha value is -0.840. The molecule has 0 bridgehead atoms. The van der Waals surface area contributed by atoms with Gasteiger partial charge in [0.1, 0.15) is 6.54 Å². The van der Waals surface area contributed by atoms with Gasteiger partial charge in [0.05, 0.1) is 0 Å². The van der Waals surface area contributed by atoms with E-state index in [1.54, 1.807) is 0 Å². The van der Waals surface area contributed by atoms with Crippen LogP contribution in [0.25, 0.3) is 0 Å². The molecule has 8 heteroatoms. The molecule has 0 aliphatic heterocycles. The Morgan fingerprint density at radius 3 is 1.65 bits per heavy atom. The molecule has 1 aromatic rings. The quantitative estimate of drug-likeness (QED) is 0.249. The van der Waals surface area contributed by atoms with Gasteiger partial charge in [-0.2, -0.15) is 0 Å². The van der Waals surface area contributed by atoms with E-state index in [0.29, 0.717) is 0 Å². The van der Waals surface area contributed by atoms with E-state index in [1.807, 2.05) is 0 Å². The topological polar surface area (TPSA) is 3.88 Å². The number of unbranched alkanes of at least 4 members (excludes halogenated alkanes) is 4. The van der Waals surface area contributed by atoms with Crippen molar-refractivity contribution in [3.63, 3.8) is 0 Å². The van der Waals surface area contributed by atoms with E-state index >= 15 is 0 Å². The molecule has 0 fully saturated rings. The third kappa shape index (κ3) is 22.3. The van der Waals surface area contributed by atoms with E-state index in [1.165, 1.54) is 38.6 Å². The van der Waals surface area contributed by atoms with Crippen LogP contribution >= 0.6 is 7.81 Å². The standard InChI is InChI=1S/C12H20N.F6P/c1-2-3-4-5-7-10-13-11-8-6-9-12-13;1-7(2,3,4,5)6/h6,8-9,11-12H,2-5,7,10H2,1H3;/q+1;-1. The van der Waals surface area contributed by atoms with Crippen LogP contribution in [-0.2, 0) is 6.54 Å². The van der Waals surface area contributed by atoms with Crippen molar-refractivity contribution in [1.29, 1.82) is 0 Å². The molecule has 20 heavy (non-hydrogen) atoms. The first-order chi connectivity index (χ1) is 8.88. The van der Waals surface area contributed by atoms with Gasteiger partial charge in [0.2, 0.25) is 0 Å². The van der Waals surface area contributed by atoms with E-state index in [2.05, 4.69) is 42.1 Å². The maximum atomic E-state index is 9.87. The molecule has 1 heterocycles. The van der Waals surface area contributed by atoms with E-state index in [4.69, 9.17) is 0 Å². The summed E-state index contributed by atoms with van der Waals surface area (Å²) in [4.78, 5) is 0. The number of hydrogen-bond acceptors (Lipinski definition) is 0. The van der Waals surface area contributed by atoms with Crippen LogP contribution in [0.1, 0.15) is 39.0 Å². The Morgan fingerprint density at radius 1 is 0.750 bits per heavy atom. The molecule has 0 radical (unpaired) electrons. The van der Waals surface area contributed by atoms with Gasteiger partial charge >= 0.3 is 33.0 Å². The molecular formula is C12H20F6NP. The minimum absolute atomic E-state index is 1.17. The average Bonchev–Trinajstić information content (AvgIpc) is 2.26. The zero-order valence-electron chi connectivity index (χ0n) is 11.3. The number of aryl methyl sites for hydroxylation is 1.